The van der Waals surface area contributed by atoms with Crippen molar-refractivity contribution in [3.05, 3.63) is 24.8 Å². The summed E-state index contributed by atoms with van der Waals surface area (Å²) in [6, 6.07) is 0. The second-order valence-corrected chi connectivity index (χ2v) is 5.30. The Morgan fingerprint density at radius 3 is 2.43 bits per heavy atom. The topological polar surface area (TPSA) is 101 Å². The zero-order valence-corrected chi connectivity index (χ0v) is 12.2. The Morgan fingerprint density at radius 2 is 2.00 bits per heavy atom. The second-order valence-electron chi connectivity index (χ2n) is 5.30. The van der Waals surface area contributed by atoms with Crippen molar-refractivity contribution in [1.29, 1.82) is 0 Å². The fourth-order valence-corrected chi connectivity index (χ4v) is 2.99. The van der Waals surface area contributed by atoms with E-state index in [2.05, 4.69) is 6.58 Å². The van der Waals surface area contributed by atoms with E-state index in [-0.39, 0.29) is 12.8 Å². The highest BCUT2D eigenvalue weighted by molar-refractivity contribution is 5.90. The van der Waals surface area contributed by atoms with Gasteiger partial charge in [-0.3, -0.25) is 9.59 Å². The number of hydrogen-bond acceptors (Lipinski definition) is 4. The molecule has 0 aromatic carbocycles. The molecule has 1 aliphatic rings. The first-order valence-electron chi connectivity index (χ1n) is 6.73. The molecule has 3 unspecified atom stereocenters. The van der Waals surface area contributed by atoms with Crippen LogP contribution in [0.2, 0.25) is 0 Å². The van der Waals surface area contributed by atoms with E-state index in [4.69, 9.17) is 4.74 Å². The van der Waals surface area contributed by atoms with Gasteiger partial charge < -0.3 is 14.9 Å². The van der Waals surface area contributed by atoms with Crippen molar-refractivity contribution >= 4 is 17.9 Å². The number of esters is 1. The minimum absolute atomic E-state index is 0.0879. The molecule has 1 aliphatic carbocycles. The molecule has 0 bridgehead atoms. The molecule has 116 valence electrons. The molecule has 1 rings (SSSR count). The zero-order chi connectivity index (χ0) is 16.3. The molecule has 2 N–H and O–H groups in total. The monoisotopic (exact) mass is 296 g/mol. The van der Waals surface area contributed by atoms with Crippen molar-refractivity contribution in [3.8, 4) is 0 Å². The zero-order valence-electron chi connectivity index (χ0n) is 12.2. The SMILES string of the molecule is C=CC(=O)OC1CC=CC(C)(C(=O)O)C1(CCC)C(=O)O. The van der Waals surface area contributed by atoms with E-state index in [0.29, 0.717) is 6.42 Å². The lowest BCUT2D eigenvalue weighted by Crippen LogP contribution is -2.59. The number of carboxylic acid groups (broad SMARTS) is 2. The van der Waals surface area contributed by atoms with Gasteiger partial charge in [0, 0.05) is 12.5 Å². The third kappa shape index (κ3) is 2.57. The van der Waals surface area contributed by atoms with Crippen LogP contribution in [0, 0.1) is 10.8 Å². The first-order chi connectivity index (χ1) is 9.76. The number of carbonyl (C=O) groups is 3. The number of rotatable bonds is 6. The Morgan fingerprint density at radius 1 is 1.38 bits per heavy atom. The molecule has 0 aromatic rings. The van der Waals surface area contributed by atoms with Crippen LogP contribution in [0.4, 0.5) is 0 Å². The van der Waals surface area contributed by atoms with Gasteiger partial charge in [-0.1, -0.05) is 32.1 Å². The Bertz CT molecular complexity index is 494. The number of carboxylic acids is 2. The van der Waals surface area contributed by atoms with Crippen LogP contribution in [-0.2, 0) is 19.1 Å². The Balaban J connectivity index is 3.46. The summed E-state index contributed by atoms with van der Waals surface area (Å²) in [6.45, 7) is 6.39. The summed E-state index contributed by atoms with van der Waals surface area (Å²) in [5, 5.41) is 19.3. The molecule has 0 saturated heterocycles. The van der Waals surface area contributed by atoms with Gasteiger partial charge in [0.2, 0.25) is 0 Å². The quantitative estimate of drug-likeness (QED) is 0.441. The average Bonchev–Trinajstić information content (AvgIpc) is 2.42. The lowest BCUT2D eigenvalue weighted by molar-refractivity contribution is -0.189. The standard InChI is InChI=1S/C15H20O6/c1-4-8-15(13(19)20)10(21-11(16)5-2)7-6-9-14(15,3)12(17)18/h5-6,9-10H,2,4,7-8H2,1,3H3,(H,17,18)(H,19,20). The summed E-state index contributed by atoms with van der Waals surface area (Å²) in [4.78, 5) is 35.1. The molecule has 21 heavy (non-hydrogen) atoms. The normalized spacial score (nSPS) is 31.4. The van der Waals surface area contributed by atoms with Crippen LogP contribution in [-0.4, -0.2) is 34.2 Å². The number of hydrogen-bond donors (Lipinski definition) is 2. The second kappa shape index (κ2) is 6.11. The predicted molar refractivity (Wildman–Crippen MR) is 74.6 cm³/mol. The maximum atomic E-state index is 12.0. The molecule has 0 aliphatic heterocycles. The van der Waals surface area contributed by atoms with Crippen LogP contribution < -0.4 is 0 Å². The highest BCUT2D eigenvalue weighted by atomic mass is 16.5. The minimum atomic E-state index is -1.71. The first kappa shape index (κ1) is 16.9. The van der Waals surface area contributed by atoms with Crippen molar-refractivity contribution in [1.82, 2.24) is 0 Å². The van der Waals surface area contributed by atoms with E-state index in [1.807, 2.05) is 0 Å². The summed E-state index contributed by atoms with van der Waals surface area (Å²) < 4.78 is 5.16. The molecule has 0 amide bonds. The van der Waals surface area contributed by atoms with E-state index < -0.39 is 34.8 Å². The molecule has 0 radical (unpaired) electrons. The van der Waals surface area contributed by atoms with Crippen LogP contribution in [0.25, 0.3) is 0 Å². The maximum Gasteiger partial charge on any atom is 0.330 e. The highest BCUT2D eigenvalue weighted by Gasteiger charge is 2.63. The third-order valence-corrected chi connectivity index (χ3v) is 4.17. The van der Waals surface area contributed by atoms with Gasteiger partial charge in [-0.25, -0.2) is 4.79 Å². The van der Waals surface area contributed by atoms with Crippen LogP contribution >= 0.6 is 0 Å². The average molecular weight is 296 g/mol. The van der Waals surface area contributed by atoms with Gasteiger partial charge in [-0.15, -0.1) is 0 Å². The van der Waals surface area contributed by atoms with Gasteiger partial charge in [-0.2, -0.15) is 0 Å². The van der Waals surface area contributed by atoms with Crippen LogP contribution in [0.5, 0.6) is 0 Å². The number of carbonyl (C=O) groups excluding carboxylic acids is 1. The first-order valence-corrected chi connectivity index (χ1v) is 6.73. The Labute approximate surface area is 123 Å². The molecular weight excluding hydrogens is 276 g/mol. The molecule has 3 atom stereocenters. The Kier molecular flexibility index (Phi) is 4.93. The van der Waals surface area contributed by atoms with Gasteiger partial charge in [0.1, 0.15) is 16.9 Å². The van der Waals surface area contributed by atoms with Gasteiger partial charge >= 0.3 is 17.9 Å². The fourth-order valence-electron chi connectivity index (χ4n) is 2.99. The van der Waals surface area contributed by atoms with Crippen molar-refractivity contribution in [2.75, 3.05) is 0 Å². The van der Waals surface area contributed by atoms with E-state index in [1.165, 1.54) is 13.0 Å². The summed E-state index contributed by atoms with van der Waals surface area (Å²) in [5.41, 5.74) is -3.36. The molecule has 0 heterocycles. The molecule has 6 heteroatoms. The summed E-state index contributed by atoms with van der Waals surface area (Å²) >= 11 is 0. The molecule has 0 fully saturated rings. The van der Waals surface area contributed by atoms with E-state index in [1.54, 1.807) is 13.0 Å². The predicted octanol–water partition coefficient (Wildman–Crippen LogP) is 2.01. The molecular formula is C15H20O6. The van der Waals surface area contributed by atoms with Crippen LogP contribution in [0.15, 0.2) is 24.8 Å². The number of aliphatic carboxylic acids is 2. The Hall–Kier alpha value is -2.11. The maximum absolute atomic E-state index is 12.0. The fraction of sp³-hybridized carbons (Fsp3) is 0.533. The minimum Gasteiger partial charge on any atom is -0.481 e. The summed E-state index contributed by atoms with van der Waals surface area (Å²) in [7, 11) is 0. The van der Waals surface area contributed by atoms with Gasteiger partial charge in [0.25, 0.3) is 0 Å². The molecule has 0 saturated carbocycles. The van der Waals surface area contributed by atoms with Crippen LogP contribution in [0.3, 0.4) is 0 Å². The molecule has 6 nitrogen and oxygen atoms in total. The summed E-state index contributed by atoms with van der Waals surface area (Å²) in [6.07, 6.45) is 3.52. The van der Waals surface area contributed by atoms with Gasteiger partial charge in [0.05, 0.1) is 0 Å². The molecule has 0 spiro atoms. The van der Waals surface area contributed by atoms with E-state index in [0.717, 1.165) is 6.08 Å². The van der Waals surface area contributed by atoms with Crippen molar-refractivity contribution in [3.63, 3.8) is 0 Å². The van der Waals surface area contributed by atoms with Crippen LogP contribution in [0.1, 0.15) is 33.1 Å². The highest BCUT2D eigenvalue weighted by Crippen LogP contribution is 2.52. The van der Waals surface area contributed by atoms with Crippen molar-refractivity contribution in [2.24, 2.45) is 10.8 Å². The van der Waals surface area contributed by atoms with E-state index >= 15 is 0 Å². The third-order valence-electron chi connectivity index (χ3n) is 4.17. The van der Waals surface area contributed by atoms with Gasteiger partial charge in [0.15, 0.2) is 0 Å². The van der Waals surface area contributed by atoms with Crippen molar-refractivity contribution in [2.45, 2.75) is 39.2 Å². The lowest BCUT2D eigenvalue weighted by atomic mass is 9.56. The molecule has 0 aromatic heterocycles. The van der Waals surface area contributed by atoms with Gasteiger partial charge in [-0.05, 0) is 13.3 Å². The lowest BCUT2D eigenvalue weighted by Gasteiger charge is -2.47. The smallest absolute Gasteiger partial charge is 0.330 e. The van der Waals surface area contributed by atoms with E-state index in [9.17, 15) is 24.6 Å². The number of ether oxygens (including phenoxy) is 1. The van der Waals surface area contributed by atoms with Crippen molar-refractivity contribution < 1.29 is 29.3 Å². The summed E-state index contributed by atoms with van der Waals surface area (Å²) in [5.74, 6) is -3.29. The largest absolute Gasteiger partial charge is 0.481 e.